The van der Waals surface area contributed by atoms with Gasteiger partial charge in [-0.2, -0.15) is 9.29 Å². The van der Waals surface area contributed by atoms with Crippen LogP contribution in [0.4, 0.5) is 0 Å². The molecule has 0 amide bonds. The van der Waals surface area contributed by atoms with E-state index >= 15 is 0 Å². The van der Waals surface area contributed by atoms with Gasteiger partial charge < -0.3 is 15.0 Å². The molecule has 0 unspecified atom stereocenters. The van der Waals surface area contributed by atoms with Gasteiger partial charge in [0.15, 0.2) is 5.82 Å². The van der Waals surface area contributed by atoms with Crippen molar-refractivity contribution in [1.29, 1.82) is 0 Å². The van der Waals surface area contributed by atoms with Gasteiger partial charge in [-0.1, -0.05) is 5.16 Å². The summed E-state index contributed by atoms with van der Waals surface area (Å²) in [4.78, 5) is 5.03. The molecule has 0 radical (unpaired) electrons. The van der Waals surface area contributed by atoms with Crippen LogP contribution in [0.3, 0.4) is 0 Å². The van der Waals surface area contributed by atoms with Gasteiger partial charge in [0.05, 0.1) is 18.8 Å². The van der Waals surface area contributed by atoms with Crippen molar-refractivity contribution < 1.29 is 17.7 Å². The van der Waals surface area contributed by atoms with Gasteiger partial charge in [0, 0.05) is 13.1 Å². The van der Waals surface area contributed by atoms with E-state index in [1.165, 1.54) is 15.6 Å². The van der Waals surface area contributed by atoms with E-state index in [0.717, 1.165) is 19.3 Å². The van der Waals surface area contributed by atoms with E-state index < -0.39 is 15.6 Å². The Labute approximate surface area is 143 Å². The molecule has 2 aliphatic rings. The minimum absolute atomic E-state index is 0.198. The van der Waals surface area contributed by atoms with Crippen molar-refractivity contribution in [3.8, 4) is 10.8 Å². The summed E-state index contributed by atoms with van der Waals surface area (Å²) in [5.74, 6) is 0.662. The van der Waals surface area contributed by atoms with Gasteiger partial charge in [0.25, 0.3) is 5.89 Å². The number of rotatable bonds is 4. The topological polar surface area (TPSA) is 112 Å². The van der Waals surface area contributed by atoms with Crippen molar-refractivity contribution in [3.63, 3.8) is 0 Å². The molecule has 2 N–H and O–H groups in total. The van der Waals surface area contributed by atoms with E-state index in [-0.39, 0.29) is 10.8 Å². The standard InChI is InChI=1S/C14H18N4O4S2/c15-14(3-1-4-14)13-16-12(22-17-13)11-10(2-9-23-11)24(19,20)18-5-7-21-8-6-18/h2,9H,1,3-8,15H2. The third-order valence-corrected chi connectivity index (χ3v) is 7.50. The van der Waals surface area contributed by atoms with Crippen molar-refractivity contribution in [1.82, 2.24) is 14.4 Å². The third kappa shape index (κ3) is 2.58. The molecule has 8 nitrogen and oxygen atoms in total. The molecule has 2 aromatic rings. The van der Waals surface area contributed by atoms with Gasteiger partial charge in [-0.25, -0.2) is 8.42 Å². The Balaban J connectivity index is 1.67. The van der Waals surface area contributed by atoms with Crippen LogP contribution in [0.15, 0.2) is 20.9 Å². The molecule has 1 aliphatic carbocycles. The second-order valence-corrected chi connectivity index (χ2v) is 8.89. The van der Waals surface area contributed by atoms with Crippen molar-refractivity contribution >= 4 is 21.4 Å². The molecule has 4 rings (SSSR count). The van der Waals surface area contributed by atoms with Crippen LogP contribution in [0.5, 0.6) is 0 Å². The van der Waals surface area contributed by atoms with Gasteiger partial charge in [-0.05, 0) is 30.7 Å². The molecule has 0 bridgehead atoms. The van der Waals surface area contributed by atoms with E-state index in [0.29, 0.717) is 37.0 Å². The first-order valence-electron chi connectivity index (χ1n) is 7.79. The summed E-state index contributed by atoms with van der Waals surface area (Å²) in [6.07, 6.45) is 2.67. The molecule has 2 fully saturated rings. The Hall–Kier alpha value is -1.33. The Morgan fingerprint density at radius 2 is 2.04 bits per heavy atom. The Morgan fingerprint density at radius 3 is 2.71 bits per heavy atom. The van der Waals surface area contributed by atoms with Gasteiger partial charge in [0.1, 0.15) is 9.77 Å². The molecule has 1 aliphatic heterocycles. The fraction of sp³-hybridized carbons (Fsp3) is 0.571. The number of hydrogen-bond acceptors (Lipinski definition) is 8. The van der Waals surface area contributed by atoms with E-state index in [1.807, 2.05) is 0 Å². The number of thiophene rings is 1. The van der Waals surface area contributed by atoms with E-state index in [2.05, 4.69) is 10.1 Å². The minimum Gasteiger partial charge on any atom is -0.379 e. The molecule has 0 aromatic carbocycles. The number of ether oxygens (including phenoxy) is 1. The maximum absolute atomic E-state index is 12.9. The lowest BCUT2D eigenvalue weighted by atomic mass is 9.77. The zero-order valence-corrected chi connectivity index (χ0v) is 14.6. The zero-order chi connectivity index (χ0) is 16.8. The molecular formula is C14H18N4O4S2. The summed E-state index contributed by atoms with van der Waals surface area (Å²) in [5.41, 5.74) is 5.67. The average molecular weight is 370 g/mol. The lowest BCUT2D eigenvalue weighted by molar-refractivity contribution is 0.0730. The molecule has 2 aromatic heterocycles. The number of morpholine rings is 1. The Bertz CT molecular complexity index is 835. The Morgan fingerprint density at radius 1 is 1.29 bits per heavy atom. The Kier molecular flexibility index (Phi) is 3.96. The predicted molar refractivity (Wildman–Crippen MR) is 86.9 cm³/mol. The smallest absolute Gasteiger partial charge is 0.269 e. The van der Waals surface area contributed by atoms with Crippen LogP contribution in [0.1, 0.15) is 25.1 Å². The summed E-state index contributed by atoms with van der Waals surface area (Å²) in [7, 11) is -3.61. The zero-order valence-electron chi connectivity index (χ0n) is 13.0. The predicted octanol–water partition coefficient (Wildman–Crippen LogP) is 1.16. The molecule has 3 heterocycles. The molecular weight excluding hydrogens is 352 g/mol. The lowest BCUT2D eigenvalue weighted by Gasteiger charge is -2.34. The van der Waals surface area contributed by atoms with Crippen molar-refractivity contribution in [2.45, 2.75) is 29.7 Å². The highest BCUT2D eigenvalue weighted by atomic mass is 32.2. The van der Waals surface area contributed by atoms with Crippen LogP contribution in [0.25, 0.3) is 10.8 Å². The van der Waals surface area contributed by atoms with Gasteiger partial charge in [-0.3, -0.25) is 0 Å². The lowest BCUT2D eigenvalue weighted by Crippen LogP contribution is -2.44. The van der Waals surface area contributed by atoms with Crippen LogP contribution in [0, 0.1) is 0 Å². The molecule has 10 heteroatoms. The van der Waals surface area contributed by atoms with Crippen LogP contribution in [-0.2, 0) is 20.3 Å². The van der Waals surface area contributed by atoms with Crippen molar-refractivity contribution in [2.24, 2.45) is 5.73 Å². The van der Waals surface area contributed by atoms with Gasteiger partial charge >= 0.3 is 0 Å². The number of hydrogen-bond donors (Lipinski definition) is 1. The first kappa shape index (κ1) is 16.2. The first-order valence-corrected chi connectivity index (χ1v) is 10.1. The van der Waals surface area contributed by atoms with Crippen LogP contribution < -0.4 is 5.73 Å². The number of aromatic nitrogens is 2. The highest BCUT2D eigenvalue weighted by Gasteiger charge is 2.40. The van der Waals surface area contributed by atoms with Crippen LogP contribution in [-0.4, -0.2) is 49.2 Å². The summed E-state index contributed by atoms with van der Waals surface area (Å²) >= 11 is 1.27. The summed E-state index contributed by atoms with van der Waals surface area (Å²) in [6.45, 7) is 1.50. The molecule has 24 heavy (non-hydrogen) atoms. The molecule has 130 valence electrons. The second kappa shape index (κ2) is 5.88. The maximum atomic E-state index is 12.9. The molecule has 0 atom stereocenters. The minimum atomic E-state index is -3.61. The van der Waals surface area contributed by atoms with Crippen molar-refractivity contribution in [3.05, 3.63) is 17.3 Å². The number of sulfonamides is 1. The van der Waals surface area contributed by atoms with Crippen molar-refractivity contribution in [2.75, 3.05) is 26.3 Å². The maximum Gasteiger partial charge on any atom is 0.269 e. The fourth-order valence-electron chi connectivity index (χ4n) is 2.88. The van der Waals surface area contributed by atoms with E-state index in [1.54, 1.807) is 11.4 Å². The average Bonchev–Trinajstić information content (AvgIpc) is 3.22. The SMILES string of the molecule is NC1(c2noc(-c3sccc3S(=O)(=O)N3CCOCC3)n2)CCC1. The summed E-state index contributed by atoms with van der Waals surface area (Å²) in [5, 5.41) is 5.69. The molecule has 1 saturated heterocycles. The number of nitrogens with two attached hydrogens (primary N) is 1. The molecule has 0 spiro atoms. The first-order chi connectivity index (χ1) is 11.5. The van der Waals surface area contributed by atoms with Gasteiger partial charge in [0.2, 0.25) is 10.0 Å². The second-order valence-electron chi connectivity index (χ2n) is 6.06. The largest absolute Gasteiger partial charge is 0.379 e. The quantitative estimate of drug-likeness (QED) is 0.859. The fourth-order valence-corrected chi connectivity index (χ4v) is 5.61. The number of nitrogens with zero attached hydrogens (tertiary/aromatic N) is 3. The summed E-state index contributed by atoms with van der Waals surface area (Å²) in [6, 6.07) is 1.58. The van der Waals surface area contributed by atoms with E-state index in [4.69, 9.17) is 15.0 Å². The van der Waals surface area contributed by atoms with Crippen LogP contribution in [0.2, 0.25) is 0 Å². The van der Waals surface area contributed by atoms with Crippen LogP contribution >= 0.6 is 11.3 Å². The highest BCUT2D eigenvalue weighted by molar-refractivity contribution is 7.89. The van der Waals surface area contributed by atoms with Gasteiger partial charge in [-0.15, -0.1) is 11.3 Å². The molecule has 1 saturated carbocycles. The van der Waals surface area contributed by atoms with E-state index in [9.17, 15) is 8.42 Å². The summed E-state index contributed by atoms with van der Waals surface area (Å²) < 4.78 is 37.7. The highest BCUT2D eigenvalue weighted by Crippen LogP contribution is 2.39. The third-order valence-electron chi connectivity index (χ3n) is 4.53. The monoisotopic (exact) mass is 370 g/mol. The normalized spacial score (nSPS) is 21.5.